The van der Waals surface area contributed by atoms with Gasteiger partial charge in [-0.1, -0.05) is 260 Å². The molecule has 0 aliphatic carbocycles. The predicted octanol–water partition coefficient (Wildman–Crippen LogP) is 14.2. The molecule has 18 heteroatoms. The van der Waals surface area contributed by atoms with E-state index in [1.807, 2.05) is 211 Å². The fourth-order valence-electron chi connectivity index (χ4n) is 11.1. The summed E-state index contributed by atoms with van der Waals surface area (Å²) in [6.45, 7) is 5.27. The van der Waals surface area contributed by atoms with Crippen molar-refractivity contribution in [1.82, 2.24) is 30.0 Å². The normalized spacial score (nSPS) is 15.2. The van der Waals surface area contributed by atoms with Crippen molar-refractivity contribution in [3.05, 3.63) is 316 Å². The maximum atomic E-state index is 15.3. The molecule has 0 bridgehead atoms. The number of fused-ring (bicyclic) bond motifs is 1. The highest BCUT2D eigenvalue weighted by molar-refractivity contribution is 8.01. The monoisotopic (exact) mass is 1250 g/mol. The number of ether oxygens (including phenoxy) is 2. The minimum Gasteiger partial charge on any atom is -0.469 e. The number of aromatic nitrogens is 4. The molecule has 3 amide bonds. The number of oxime groups is 1. The van der Waals surface area contributed by atoms with Gasteiger partial charge in [0.15, 0.2) is 10.8 Å². The second kappa shape index (κ2) is 26.5. The van der Waals surface area contributed by atoms with Crippen molar-refractivity contribution < 1.29 is 28.7 Å². The maximum Gasteiger partial charge on any atom is 0.413 e. The molecule has 0 unspecified atom stereocenters. The Morgan fingerprint density at radius 2 is 1.13 bits per heavy atom. The van der Waals surface area contributed by atoms with E-state index < -0.39 is 52.2 Å². The molecule has 2 aromatic heterocycles. The third-order valence-electron chi connectivity index (χ3n) is 15.1. The van der Waals surface area contributed by atoms with Crippen LogP contribution in [0.2, 0.25) is 0 Å². The number of rotatable bonds is 20. The number of β-lactam (4-membered cyclic amide) rings is 1. The van der Waals surface area contributed by atoms with Crippen LogP contribution in [0.25, 0.3) is 0 Å². The van der Waals surface area contributed by atoms with Crippen LogP contribution in [0.3, 0.4) is 0 Å². The van der Waals surface area contributed by atoms with Crippen LogP contribution in [0.4, 0.5) is 9.93 Å². The summed E-state index contributed by atoms with van der Waals surface area (Å²) in [5, 5.41) is 17.5. The van der Waals surface area contributed by atoms with E-state index in [1.54, 1.807) is 37.4 Å². The second-order valence-corrected chi connectivity index (χ2v) is 25.2. The van der Waals surface area contributed by atoms with Crippen LogP contribution in [-0.2, 0) is 35.0 Å². The maximum absolute atomic E-state index is 15.3. The van der Waals surface area contributed by atoms with E-state index in [0.29, 0.717) is 22.4 Å². The van der Waals surface area contributed by atoms with Crippen LogP contribution in [0.15, 0.2) is 276 Å². The van der Waals surface area contributed by atoms with Gasteiger partial charge in [-0.05, 0) is 66.4 Å². The Balaban J connectivity index is 0.898. The number of hydrogen-bond acceptors (Lipinski definition) is 14. The number of thioether (sulfide) groups is 2. The molecule has 1 saturated heterocycles. The lowest BCUT2D eigenvalue weighted by Crippen LogP contribution is -2.71. The first-order valence-electron chi connectivity index (χ1n) is 28.8. The lowest BCUT2D eigenvalue weighted by atomic mass is 9.77. The van der Waals surface area contributed by atoms with Crippen molar-refractivity contribution >= 4 is 80.9 Å². The number of thiocarbonyl (C=S) groups is 1. The van der Waals surface area contributed by atoms with Crippen LogP contribution in [0.5, 0.6) is 0 Å². The van der Waals surface area contributed by atoms with E-state index in [4.69, 9.17) is 41.8 Å². The van der Waals surface area contributed by atoms with Gasteiger partial charge in [0.05, 0.1) is 5.70 Å². The fourth-order valence-corrected chi connectivity index (χ4v) is 14.4. The molecule has 4 heterocycles. The largest absolute Gasteiger partial charge is 0.469 e. The summed E-state index contributed by atoms with van der Waals surface area (Å²) in [6, 6.07) is 78.2. The summed E-state index contributed by atoms with van der Waals surface area (Å²) in [5.41, 5.74) is 4.93. The molecule has 2 N–H and O–H groups in total. The molecule has 2 atom stereocenters. The smallest absolute Gasteiger partial charge is 0.413 e. The number of anilines is 1. The molecule has 8 aromatic carbocycles. The van der Waals surface area contributed by atoms with E-state index in [2.05, 4.69) is 52.0 Å². The van der Waals surface area contributed by atoms with Crippen molar-refractivity contribution in [2.24, 2.45) is 5.16 Å². The molecule has 14 nitrogen and oxygen atoms in total. The highest BCUT2D eigenvalue weighted by Gasteiger charge is 2.54. The Hall–Kier alpha value is -9.46. The molecular weight excluding hydrogens is 1190 g/mol. The number of benzene rings is 8. The molecule has 0 spiro atoms. The molecule has 444 valence electrons. The van der Waals surface area contributed by atoms with Crippen LogP contribution in [0, 0.1) is 0 Å². The Bertz CT molecular complexity index is 3930. The summed E-state index contributed by atoms with van der Waals surface area (Å²) in [7, 11) is 0. The number of carbonyl (C=O) groups is 3. The van der Waals surface area contributed by atoms with Crippen LogP contribution in [0.1, 0.15) is 77.1 Å². The highest BCUT2D eigenvalue weighted by atomic mass is 32.2. The summed E-state index contributed by atoms with van der Waals surface area (Å²) in [5.74, 6) is -0.434. The lowest BCUT2D eigenvalue weighted by molar-refractivity contribution is -0.144. The third kappa shape index (κ3) is 12.5. The Labute approximate surface area is 534 Å². The molecule has 2 aliphatic rings. The van der Waals surface area contributed by atoms with Gasteiger partial charge < -0.3 is 19.6 Å². The standard InChI is InChI=1S/C71H60N8O6S4/c1-69(2,3)84-68(82)75-67-73-57(46-89-67)58(77-85-71(54-38-22-9-23-39-54,55-40-24-10-25-41-55)56-42-26-11-27-43-56)62(80)74-59-63(81)79-60(65(86)83-61(48-28-12-4-13-29-48)49-30-14-5-15-31-49)50(44-87-64(59)79)45-88-66-72-47-78(76-66)70(51-32-16-6-17-33-51,52-34-18-7-19-35-52)53-36-20-8-21-37-53/h4-43,46-47,59,61,64H,44-45H2,1-3H3,(H,74,80)(H,73,75,82)/b77-58+/t59-,64-/m1/s1. The molecule has 0 saturated carbocycles. The van der Waals surface area contributed by atoms with Crippen molar-refractivity contribution in [2.75, 3.05) is 16.8 Å². The van der Waals surface area contributed by atoms with Crippen LogP contribution in [-0.4, -0.2) is 81.8 Å². The van der Waals surface area contributed by atoms with Gasteiger partial charge in [-0.25, -0.2) is 19.4 Å². The molecule has 89 heavy (non-hydrogen) atoms. The third-order valence-corrected chi connectivity index (χ3v) is 18.4. The SMILES string of the molecule is CC(C)(C)OC(=O)Nc1nc(/C(=N\OC(c2ccccc2)(c2ccccc2)c2ccccc2)C(=O)N[C@@H]2C(=O)N3C(C(=S)OC(c4ccccc4)c4ccccc4)=C(CSc4ncn(C(c5ccccc5)(c5ccccc5)c5ccccc5)n4)CS[C@H]23)cs1. The molecule has 1 fully saturated rings. The quantitative estimate of drug-likeness (QED) is 0.0186. The minimum absolute atomic E-state index is 0.0773. The molecule has 10 aromatic rings. The van der Waals surface area contributed by atoms with Gasteiger partial charge in [-0.3, -0.25) is 19.8 Å². The number of thiazole rings is 1. The lowest BCUT2D eigenvalue weighted by Gasteiger charge is -2.50. The van der Waals surface area contributed by atoms with Gasteiger partial charge in [-0.2, -0.15) is 0 Å². The number of carbonyl (C=O) groups excluding carboxylic acids is 3. The molecular formula is C71H60N8O6S4. The molecule has 12 rings (SSSR count). The summed E-state index contributed by atoms with van der Waals surface area (Å²) in [6.07, 6.45) is 0.415. The number of amides is 3. The first-order valence-corrected chi connectivity index (χ1v) is 32.1. The van der Waals surface area contributed by atoms with Gasteiger partial charge in [0.2, 0.25) is 15.8 Å². The average molecular weight is 1250 g/mol. The zero-order valence-corrected chi connectivity index (χ0v) is 51.9. The molecule has 0 radical (unpaired) electrons. The summed E-state index contributed by atoms with van der Waals surface area (Å²) >= 11 is 10.4. The van der Waals surface area contributed by atoms with E-state index in [0.717, 1.165) is 61.4 Å². The number of nitrogens with zero attached hydrogens (tertiary/aromatic N) is 6. The van der Waals surface area contributed by atoms with E-state index in [1.165, 1.54) is 23.5 Å². The van der Waals surface area contributed by atoms with Crippen molar-refractivity contribution in [2.45, 2.75) is 60.2 Å². The van der Waals surface area contributed by atoms with Gasteiger partial charge in [0, 0.05) is 33.6 Å². The zero-order chi connectivity index (χ0) is 61.4. The van der Waals surface area contributed by atoms with E-state index in [9.17, 15) is 4.79 Å². The van der Waals surface area contributed by atoms with Crippen LogP contribution < -0.4 is 10.6 Å². The van der Waals surface area contributed by atoms with Gasteiger partial charge >= 0.3 is 6.09 Å². The molecule has 2 aliphatic heterocycles. The first-order chi connectivity index (χ1) is 43.4. The van der Waals surface area contributed by atoms with Gasteiger partial charge in [0.1, 0.15) is 40.7 Å². The van der Waals surface area contributed by atoms with Gasteiger partial charge in [0.25, 0.3) is 11.8 Å². The Morgan fingerprint density at radius 1 is 0.674 bits per heavy atom. The topological polar surface area (TPSA) is 162 Å². The van der Waals surface area contributed by atoms with Crippen molar-refractivity contribution in [3.63, 3.8) is 0 Å². The number of nitrogens with one attached hydrogen (secondary N) is 2. The summed E-state index contributed by atoms with van der Waals surface area (Å²) in [4.78, 5) is 61.8. The van der Waals surface area contributed by atoms with E-state index >= 15 is 9.59 Å². The average Bonchev–Trinajstić information content (AvgIpc) is 1.90. The minimum atomic E-state index is -1.39. The zero-order valence-electron chi connectivity index (χ0n) is 48.7. The first kappa shape index (κ1) is 59.9. The second-order valence-electron chi connectivity index (χ2n) is 22.0. The Kier molecular flexibility index (Phi) is 17.8. The van der Waals surface area contributed by atoms with Crippen molar-refractivity contribution in [1.29, 1.82) is 0 Å². The summed E-state index contributed by atoms with van der Waals surface area (Å²) < 4.78 is 14.4. The highest BCUT2D eigenvalue weighted by Crippen LogP contribution is 2.46. The number of hydrogen-bond donors (Lipinski definition) is 2. The van der Waals surface area contributed by atoms with Gasteiger partial charge in [-0.15, -0.1) is 28.2 Å². The Morgan fingerprint density at radius 3 is 1.61 bits per heavy atom. The predicted molar refractivity (Wildman–Crippen MR) is 355 cm³/mol. The fraction of sp³-hybridized carbons (Fsp3) is 0.155. The van der Waals surface area contributed by atoms with Crippen LogP contribution >= 0.6 is 47.1 Å². The van der Waals surface area contributed by atoms with E-state index in [-0.39, 0.29) is 21.6 Å². The van der Waals surface area contributed by atoms with Crippen molar-refractivity contribution in [3.8, 4) is 0 Å².